The van der Waals surface area contributed by atoms with Gasteiger partial charge in [-0.05, 0) is 29.7 Å². The molecule has 3 rings (SSSR count). The van der Waals surface area contributed by atoms with Crippen LogP contribution in [-0.4, -0.2) is 10.1 Å². The molecule has 2 nitrogen and oxygen atoms in total. The first-order valence-electron chi connectivity index (χ1n) is 8.49. The minimum absolute atomic E-state index is 0.206. The van der Waals surface area contributed by atoms with E-state index >= 15 is 0 Å². The van der Waals surface area contributed by atoms with E-state index < -0.39 is 5.60 Å². The molecule has 0 bridgehead atoms. The summed E-state index contributed by atoms with van der Waals surface area (Å²) < 4.78 is 0. The van der Waals surface area contributed by atoms with E-state index in [1.807, 2.05) is 66.7 Å². The highest BCUT2D eigenvalue weighted by atomic mass is 16.3. The Kier molecular flexibility index (Phi) is 5.07. The molecule has 0 aliphatic heterocycles. The molecular formula is C22H23NO. The maximum Gasteiger partial charge on any atom is 0.102 e. The van der Waals surface area contributed by atoms with Crippen LogP contribution in [0.2, 0.25) is 0 Å². The van der Waals surface area contributed by atoms with Gasteiger partial charge >= 0.3 is 0 Å². The predicted molar refractivity (Wildman–Crippen MR) is 97.8 cm³/mol. The van der Waals surface area contributed by atoms with Gasteiger partial charge < -0.3 is 5.11 Å². The van der Waals surface area contributed by atoms with Crippen molar-refractivity contribution in [3.63, 3.8) is 0 Å². The molecule has 2 heteroatoms. The van der Waals surface area contributed by atoms with Crippen molar-refractivity contribution in [1.82, 2.24) is 4.98 Å². The molecule has 0 saturated heterocycles. The van der Waals surface area contributed by atoms with Gasteiger partial charge in [-0.15, -0.1) is 0 Å². The summed E-state index contributed by atoms with van der Waals surface area (Å²) in [6, 6.07) is 26.0. The van der Waals surface area contributed by atoms with Crippen molar-refractivity contribution in [2.75, 3.05) is 0 Å². The van der Waals surface area contributed by atoms with Crippen LogP contribution in [0, 0.1) is 0 Å². The molecule has 1 heterocycles. The number of hydrogen-bond acceptors (Lipinski definition) is 2. The lowest BCUT2D eigenvalue weighted by molar-refractivity contribution is 0.00841. The predicted octanol–water partition coefficient (Wildman–Crippen LogP) is 4.90. The molecule has 2 atom stereocenters. The fraction of sp³-hybridized carbons (Fsp3) is 0.227. The zero-order valence-electron chi connectivity index (χ0n) is 14.0. The zero-order valence-corrected chi connectivity index (χ0v) is 14.0. The summed E-state index contributed by atoms with van der Waals surface area (Å²) in [4.78, 5) is 4.57. The van der Waals surface area contributed by atoms with Crippen molar-refractivity contribution in [2.45, 2.75) is 31.3 Å². The van der Waals surface area contributed by atoms with Gasteiger partial charge in [-0.1, -0.05) is 80.1 Å². The van der Waals surface area contributed by atoms with Crippen molar-refractivity contribution < 1.29 is 5.11 Å². The van der Waals surface area contributed by atoms with Crippen molar-refractivity contribution in [3.8, 4) is 0 Å². The van der Waals surface area contributed by atoms with Crippen LogP contribution in [0.3, 0.4) is 0 Å². The van der Waals surface area contributed by atoms with Gasteiger partial charge in [0.2, 0.25) is 0 Å². The van der Waals surface area contributed by atoms with Crippen LogP contribution in [0.1, 0.15) is 42.5 Å². The second-order valence-electron chi connectivity index (χ2n) is 6.14. The monoisotopic (exact) mass is 317 g/mol. The summed E-state index contributed by atoms with van der Waals surface area (Å²) in [6.07, 6.45) is 3.36. The van der Waals surface area contributed by atoms with Gasteiger partial charge in [-0.3, -0.25) is 4.98 Å². The van der Waals surface area contributed by atoms with Gasteiger partial charge in [0, 0.05) is 6.20 Å². The first-order chi connectivity index (χ1) is 11.8. The molecule has 0 aliphatic carbocycles. The fourth-order valence-electron chi connectivity index (χ4n) is 3.45. The van der Waals surface area contributed by atoms with Crippen LogP contribution >= 0.6 is 0 Å². The van der Waals surface area contributed by atoms with Crippen molar-refractivity contribution in [2.24, 2.45) is 0 Å². The van der Waals surface area contributed by atoms with E-state index in [2.05, 4.69) is 24.0 Å². The minimum atomic E-state index is -0.994. The van der Waals surface area contributed by atoms with Gasteiger partial charge in [0.15, 0.2) is 0 Å². The summed E-state index contributed by atoms with van der Waals surface area (Å²) >= 11 is 0. The fourth-order valence-corrected chi connectivity index (χ4v) is 3.45. The third-order valence-corrected chi connectivity index (χ3v) is 4.50. The topological polar surface area (TPSA) is 33.1 Å². The van der Waals surface area contributed by atoms with Gasteiger partial charge in [0.05, 0.1) is 11.6 Å². The molecule has 0 amide bonds. The molecule has 24 heavy (non-hydrogen) atoms. The lowest BCUT2D eigenvalue weighted by atomic mass is 9.73. The Bertz CT molecular complexity index is 703. The maximum atomic E-state index is 11.8. The Morgan fingerprint density at radius 2 is 1.50 bits per heavy atom. The maximum absolute atomic E-state index is 11.8. The normalized spacial score (nSPS) is 14.8. The lowest BCUT2D eigenvalue weighted by Crippen LogP contribution is -2.34. The second-order valence-corrected chi connectivity index (χ2v) is 6.14. The molecular weight excluding hydrogens is 294 g/mol. The molecule has 0 spiro atoms. The van der Waals surface area contributed by atoms with Crippen LogP contribution in [-0.2, 0) is 5.60 Å². The Morgan fingerprint density at radius 1 is 0.875 bits per heavy atom. The summed E-state index contributed by atoms with van der Waals surface area (Å²) in [6.45, 7) is 2.11. The molecule has 122 valence electrons. The number of rotatable bonds is 6. The van der Waals surface area contributed by atoms with Gasteiger partial charge in [0.1, 0.15) is 5.60 Å². The standard InChI is InChI=1S/C22H23NO/c1-2-16-22(24,19-13-7-4-8-14-19)21(18-11-5-3-6-12-18)20-15-9-10-17-23-20/h3-15,17,21,24H,2,16H2,1H3/t21-,22-/m1/s1. The number of aliphatic hydroxyl groups is 1. The third-order valence-electron chi connectivity index (χ3n) is 4.50. The van der Waals surface area contributed by atoms with Crippen molar-refractivity contribution in [3.05, 3.63) is 102 Å². The molecule has 0 unspecified atom stereocenters. The molecule has 0 fully saturated rings. The molecule has 0 aliphatic rings. The average molecular weight is 317 g/mol. The van der Waals surface area contributed by atoms with E-state index in [1.165, 1.54) is 0 Å². The SMILES string of the molecule is CCC[C@@](O)(c1ccccc1)[C@H](c1ccccc1)c1ccccn1. The molecule has 2 aromatic carbocycles. The van der Waals surface area contributed by atoms with E-state index in [9.17, 15) is 5.11 Å². The number of benzene rings is 2. The first kappa shape index (κ1) is 16.4. The molecule has 0 radical (unpaired) electrons. The largest absolute Gasteiger partial charge is 0.384 e. The molecule has 1 N–H and O–H groups in total. The van der Waals surface area contributed by atoms with Crippen molar-refractivity contribution in [1.29, 1.82) is 0 Å². The quantitative estimate of drug-likeness (QED) is 0.701. The first-order valence-corrected chi connectivity index (χ1v) is 8.49. The lowest BCUT2D eigenvalue weighted by Gasteiger charge is -2.37. The Labute approximate surface area is 143 Å². The highest BCUT2D eigenvalue weighted by Gasteiger charge is 2.40. The highest BCUT2D eigenvalue weighted by Crippen LogP contribution is 2.44. The van der Waals surface area contributed by atoms with E-state index in [-0.39, 0.29) is 5.92 Å². The van der Waals surface area contributed by atoms with Crippen LogP contribution in [0.4, 0.5) is 0 Å². The summed E-state index contributed by atoms with van der Waals surface area (Å²) in [7, 11) is 0. The summed E-state index contributed by atoms with van der Waals surface area (Å²) in [5, 5.41) is 11.8. The highest BCUT2D eigenvalue weighted by molar-refractivity contribution is 5.37. The van der Waals surface area contributed by atoms with E-state index in [0.717, 1.165) is 23.2 Å². The smallest absolute Gasteiger partial charge is 0.102 e. The molecule has 0 saturated carbocycles. The Balaban J connectivity index is 2.19. The minimum Gasteiger partial charge on any atom is -0.384 e. The number of nitrogens with zero attached hydrogens (tertiary/aromatic N) is 1. The van der Waals surface area contributed by atoms with E-state index in [4.69, 9.17) is 0 Å². The van der Waals surface area contributed by atoms with Gasteiger partial charge in [0.25, 0.3) is 0 Å². The van der Waals surface area contributed by atoms with Crippen LogP contribution in [0.5, 0.6) is 0 Å². The van der Waals surface area contributed by atoms with Crippen LogP contribution in [0.15, 0.2) is 85.1 Å². The van der Waals surface area contributed by atoms with Crippen LogP contribution < -0.4 is 0 Å². The molecule has 3 aromatic rings. The van der Waals surface area contributed by atoms with Gasteiger partial charge in [-0.2, -0.15) is 0 Å². The number of hydrogen-bond donors (Lipinski definition) is 1. The summed E-state index contributed by atoms with van der Waals surface area (Å²) in [5.41, 5.74) is 1.91. The average Bonchev–Trinajstić information content (AvgIpc) is 2.65. The van der Waals surface area contributed by atoms with Crippen molar-refractivity contribution >= 4 is 0 Å². The Hall–Kier alpha value is -2.45. The Morgan fingerprint density at radius 3 is 2.08 bits per heavy atom. The van der Waals surface area contributed by atoms with E-state index in [0.29, 0.717) is 6.42 Å². The summed E-state index contributed by atoms with van der Waals surface area (Å²) in [5.74, 6) is -0.206. The third kappa shape index (κ3) is 3.24. The number of aromatic nitrogens is 1. The van der Waals surface area contributed by atoms with E-state index in [1.54, 1.807) is 6.20 Å². The zero-order chi connectivity index (χ0) is 16.8. The molecule has 1 aromatic heterocycles. The van der Waals surface area contributed by atoms with Gasteiger partial charge in [-0.25, -0.2) is 0 Å². The van der Waals surface area contributed by atoms with Crippen LogP contribution in [0.25, 0.3) is 0 Å². The number of pyridine rings is 1. The second kappa shape index (κ2) is 7.41.